The van der Waals surface area contributed by atoms with E-state index in [4.69, 9.17) is 26.0 Å². The van der Waals surface area contributed by atoms with Crippen molar-refractivity contribution >= 4 is 68.9 Å². The Morgan fingerprint density at radius 3 is 2.26 bits per heavy atom. The second-order valence-corrected chi connectivity index (χ2v) is 12.1. The lowest BCUT2D eigenvalue weighted by Gasteiger charge is -2.33. The van der Waals surface area contributed by atoms with Gasteiger partial charge in [0.05, 0.1) is 36.8 Å². The van der Waals surface area contributed by atoms with Crippen molar-refractivity contribution in [3.63, 3.8) is 0 Å². The molecule has 13 heteroatoms. The molecule has 0 amide bonds. The third kappa shape index (κ3) is 9.47. The summed E-state index contributed by atoms with van der Waals surface area (Å²) in [6, 6.07) is 18.1. The van der Waals surface area contributed by atoms with Gasteiger partial charge in [-0.2, -0.15) is 0 Å². The molecule has 0 saturated carbocycles. The molecule has 0 aromatic heterocycles. The molecule has 0 aliphatic carbocycles. The fourth-order valence-electron chi connectivity index (χ4n) is 4.83. The molecule has 4 N–H and O–H groups in total. The van der Waals surface area contributed by atoms with Gasteiger partial charge in [-0.1, -0.05) is 24.3 Å². The molecular formula is C30H39Cl2N5O5S. The molecule has 0 unspecified atom stereocenters. The molecule has 0 radical (unpaired) electrons. The van der Waals surface area contributed by atoms with Gasteiger partial charge in [-0.3, -0.25) is 19.9 Å². The minimum absolute atomic E-state index is 0. The maximum Gasteiger partial charge on any atom is 0.306 e. The molecule has 1 fully saturated rings. The highest BCUT2D eigenvalue weighted by molar-refractivity contribution is 7.92. The number of nitrogens with one attached hydrogen (secondary N) is 2. The summed E-state index contributed by atoms with van der Waals surface area (Å²) < 4.78 is 39.5. The summed E-state index contributed by atoms with van der Waals surface area (Å²) >= 11 is 0. The number of nitrogen functional groups attached to an aromatic ring is 1. The number of piperidine rings is 1. The van der Waals surface area contributed by atoms with Gasteiger partial charge in [0, 0.05) is 31.5 Å². The first kappa shape index (κ1) is 35.7. The van der Waals surface area contributed by atoms with Crippen LogP contribution in [0.25, 0.3) is 10.8 Å². The fraction of sp³-hybridized carbons (Fsp3) is 0.367. The van der Waals surface area contributed by atoms with E-state index in [1.54, 1.807) is 50.2 Å². The third-order valence-electron chi connectivity index (χ3n) is 7.09. The average Bonchev–Trinajstić information content (AvgIpc) is 2.95. The van der Waals surface area contributed by atoms with E-state index in [2.05, 4.69) is 0 Å². The Balaban J connectivity index is 0.00000323. The minimum Gasteiger partial charge on any atom is -0.490 e. The van der Waals surface area contributed by atoms with E-state index in [-0.39, 0.29) is 56.3 Å². The first-order chi connectivity index (χ1) is 19.6. The molecule has 1 aliphatic rings. The van der Waals surface area contributed by atoms with Crippen molar-refractivity contribution in [1.82, 2.24) is 4.90 Å². The molecule has 1 saturated heterocycles. The Bertz CT molecular complexity index is 1530. The van der Waals surface area contributed by atoms with Crippen molar-refractivity contribution in [2.45, 2.75) is 45.8 Å². The normalized spacial score (nSPS) is 13.4. The Kier molecular flexibility index (Phi) is 13.1. The van der Waals surface area contributed by atoms with E-state index in [0.717, 1.165) is 42.3 Å². The van der Waals surface area contributed by atoms with E-state index < -0.39 is 21.7 Å². The molecule has 4 rings (SSSR count). The van der Waals surface area contributed by atoms with Crippen molar-refractivity contribution in [3.8, 4) is 5.75 Å². The second kappa shape index (κ2) is 15.8. The largest absolute Gasteiger partial charge is 0.490 e. The lowest BCUT2D eigenvalue weighted by atomic mass is 10.0. The molecule has 43 heavy (non-hydrogen) atoms. The number of nitrogens with two attached hydrogens (primary N) is 1. The number of hydrogen-bond acceptors (Lipinski definition) is 7. The Morgan fingerprint density at radius 2 is 1.65 bits per heavy atom. The number of sulfonamides is 1. The zero-order valence-corrected chi connectivity index (χ0v) is 26.7. The summed E-state index contributed by atoms with van der Waals surface area (Å²) in [5.41, 5.74) is 7.44. The fourth-order valence-corrected chi connectivity index (χ4v) is 6.26. The van der Waals surface area contributed by atoms with Crippen molar-refractivity contribution in [1.29, 1.82) is 10.8 Å². The number of benzene rings is 3. The smallest absolute Gasteiger partial charge is 0.306 e. The molecule has 3 aromatic carbocycles. The highest BCUT2D eigenvalue weighted by Gasteiger charge is 2.25. The SMILES string of the molecule is CCOC(=O)CCS(=O)(=O)N(Cc1ccc2ccc(C(=N)N)cc2c1)c1ccc(OC2CCN(C(C)=N)CC2)cc1.Cl.Cl. The Hall–Kier alpha value is -3.54. The third-order valence-corrected chi connectivity index (χ3v) is 8.82. The van der Waals surface area contributed by atoms with Crippen LogP contribution in [0, 0.1) is 10.8 Å². The maximum absolute atomic E-state index is 13.6. The molecule has 3 aromatic rings. The van der Waals surface area contributed by atoms with Gasteiger partial charge >= 0.3 is 5.97 Å². The number of halogens is 2. The van der Waals surface area contributed by atoms with Gasteiger partial charge in [-0.15, -0.1) is 24.8 Å². The van der Waals surface area contributed by atoms with Gasteiger partial charge < -0.3 is 20.1 Å². The van der Waals surface area contributed by atoms with Gasteiger partial charge in [0.2, 0.25) is 10.0 Å². The summed E-state index contributed by atoms with van der Waals surface area (Å²) in [6.45, 7) is 5.23. The van der Waals surface area contributed by atoms with Gasteiger partial charge in [-0.05, 0) is 66.6 Å². The monoisotopic (exact) mass is 651 g/mol. The van der Waals surface area contributed by atoms with Crippen LogP contribution in [0.3, 0.4) is 0 Å². The number of amidine groups is 2. The zero-order chi connectivity index (χ0) is 29.6. The maximum atomic E-state index is 13.6. The first-order valence-electron chi connectivity index (χ1n) is 13.7. The van der Waals surface area contributed by atoms with E-state index in [1.807, 2.05) is 29.2 Å². The van der Waals surface area contributed by atoms with E-state index in [0.29, 0.717) is 22.8 Å². The molecule has 1 aliphatic heterocycles. The van der Waals surface area contributed by atoms with Crippen LogP contribution in [0.2, 0.25) is 0 Å². The average molecular weight is 653 g/mol. The number of rotatable bonds is 11. The lowest BCUT2D eigenvalue weighted by molar-refractivity contribution is -0.142. The molecule has 0 spiro atoms. The minimum atomic E-state index is -3.90. The Morgan fingerprint density at radius 1 is 1.00 bits per heavy atom. The zero-order valence-electron chi connectivity index (χ0n) is 24.2. The number of esters is 1. The van der Waals surface area contributed by atoms with Crippen LogP contribution in [0.1, 0.15) is 44.2 Å². The van der Waals surface area contributed by atoms with Crippen molar-refractivity contribution in [3.05, 3.63) is 71.8 Å². The van der Waals surface area contributed by atoms with Crippen LogP contribution in [0.5, 0.6) is 5.75 Å². The number of likely N-dealkylation sites (tertiary alicyclic amines) is 1. The van der Waals surface area contributed by atoms with E-state index >= 15 is 0 Å². The first-order valence-corrected chi connectivity index (χ1v) is 15.3. The van der Waals surface area contributed by atoms with Crippen LogP contribution < -0.4 is 14.8 Å². The summed E-state index contributed by atoms with van der Waals surface area (Å²) in [4.78, 5) is 14.0. The molecule has 0 bridgehead atoms. The van der Waals surface area contributed by atoms with Gasteiger partial charge in [-0.25, -0.2) is 8.42 Å². The molecule has 234 valence electrons. The number of ether oxygens (including phenoxy) is 2. The number of carbonyl (C=O) groups excluding carboxylic acids is 1. The molecular weight excluding hydrogens is 613 g/mol. The highest BCUT2D eigenvalue weighted by Crippen LogP contribution is 2.28. The number of fused-ring (bicyclic) bond motifs is 1. The van der Waals surface area contributed by atoms with Crippen LogP contribution in [-0.2, 0) is 26.1 Å². The summed E-state index contributed by atoms with van der Waals surface area (Å²) in [5.74, 6) is 0.203. The van der Waals surface area contributed by atoms with Gasteiger partial charge in [0.15, 0.2) is 0 Å². The standard InChI is InChI=1S/C30H37N5O5S.2ClH/c1-3-39-29(36)14-17-41(37,38)35(20-22-4-5-23-6-7-24(30(32)33)19-25(23)18-22)26-8-10-27(11-9-26)40-28-12-15-34(16-13-28)21(2)31;;/h4-11,18-19,28,31H,3,12-17,20H2,1-2H3,(H3,32,33);2*1H. The van der Waals surface area contributed by atoms with Crippen molar-refractivity contribution in [2.75, 3.05) is 29.8 Å². The number of anilines is 1. The van der Waals surface area contributed by atoms with Crippen LogP contribution >= 0.6 is 24.8 Å². The van der Waals surface area contributed by atoms with E-state index in [9.17, 15) is 13.2 Å². The quantitative estimate of drug-likeness (QED) is 0.148. The predicted octanol–water partition coefficient (Wildman–Crippen LogP) is 5.10. The van der Waals surface area contributed by atoms with Gasteiger partial charge in [0.1, 0.15) is 17.7 Å². The van der Waals surface area contributed by atoms with Crippen molar-refractivity contribution in [2.24, 2.45) is 5.73 Å². The van der Waals surface area contributed by atoms with Crippen LogP contribution in [0.15, 0.2) is 60.7 Å². The molecule has 10 nitrogen and oxygen atoms in total. The highest BCUT2D eigenvalue weighted by atomic mass is 35.5. The van der Waals surface area contributed by atoms with Crippen molar-refractivity contribution < 1.29 is 22.7 Å². The van der Waals surface area contributed by atoms with Gasteiger partial charge in [0.25, 0.3) is 0 Å². The summed E-state index contributed by atoms with van der Waals surface area (Å²) in [6.07, 6.45) is 1.39. The van der Waals surface area contributed by atoms with Crippen LogP contribution in [0.4, 0.5) is 5.69 Å². The number of nitrogens with zero attached hydrogens (tertiary/aromatic N) is 2. The molecule has 0 atom stereocenters. The summed E-state index contributed by atoms with van der Waals surface area (Å²) in [5, 5.41) is 17.3. The number of carbonyl (C=O) groups is 1. The Labute approximate surface area is 265 Å². The van der Waals surface area contributed by atoms with Crippen LogP contribution in [-0.4, -0.2) is 62.5 Å². The summed E-state index contributed by atoms with van der Waals surface area (Å²) in [7, 11) is -3.90. The second-order valence-electron chi connectivity index (χ2n) is 10.1. The van der Waals surface area contributed by atoms with E-state index in [1.165, 1.54) is 4.31 Å². The topological polar surface area (TPSA) is 150 Å². The number of hydrogen-bond donors (Lipinski definition) is 3. The predicted molar refractivity (Wildman–Crippen MR) is 176 cm³/mol. The molecule has 1 heterocycles. The lowest BCUT2D eigenvalue weighted by Crippen LogP contribution is -2.40.